The number of hydrogen-bond donors (Lipinski definition) is 1. The van der Waals surface area contributed by atoms with E-state index >= 15 is 0 Å². The van der Waals surface area contributed by atoms with E-state index in [2.05, 4.69) is 5.32 Å². The van der Waals surface area contributed by atoms with Crippen LogP contribution in [-0.2, 0) is 25.5 Å². The van der Waals surface area contributed by atoms with Crippen molar-refractivity contribution in [3.63, 3.8) is 0 Å². The number of ketones is 1. The Morgan fingerprint density at radius 1 is 1.10 bits per heavy atom. The maximum atomic E-state index is 13.4. The Morgan fingerprint density at radius 3 is 2.63 bits per heavy atom. The maximum absolute atomic E-state index is 13.4. The number of hydrogen-bond acceptors (Lipinski definition) is 4. The third kappa shape index (κ3) is 4.91. The summed E-state index contributed by atoms with van der Waals surface area (Å²) >= 11 is 0. The topological polar surface area (TPSA) is 75.7 Å². The summed E-state index contributed by atoms with van der Waals surface area (Å²) in [4.78, 5) is 40.1. The lowest BCUT2D eigenvalue weighted by Crippen LogP contribution is -2.53. The normalized spacial score (nSPS) is 25.2. The number of carbonyl (C=O) groups excluding carboxylic acids is 3. The second kappa shape index (κ2) is 9.73. The number of Topliss-reactive ketones (excluding diaryl/α,β-unsaturated/α-hetero) is 1. The highest BCUT2D eigenvalue weighted by Gasteiger charge is 2.48. The third-order valence-electron chi connectivity index (χ3n) is 6.81. The lowest BCUT2D eigenvalue weighted by atomic mass is 9.84. The van der Waals surface area contributed by atoms with Crippen LogP contribution in [0.3, 0.4) is 0 Å². The second-order valence-electron chi connectivity index (χ2n) is 8.93. The van der Waals surface area contributed by atoms with Crippen molar-refractivity contribution in [2.75, 3.05) is 13.2 Å². The highest BCUT2D eigenvalue weighted by molar-refractivity contribution is 5.95. The first-order valence-electron chi connectivity index (χ1n) is 11.4. The van der Waals surface area contributed by atoms with Gasteiger partial charge in [-0.3, -0.25) is 14.4 Å². The van der Waals surface area contributed by atoms with Crippen molar-refractivity contribution in [1.29, 1.82) is 0 Å². The molecule has 0 radical (unpaired) electrons. The molecule has 6 heteroatoms. The number of likely N-dealkylation sites (tertiary alicyclic amines) is 1. The first kappa shape index (κ1) is 21.0. The van der Waals surface area contributed by atoms with Gasteiger partial charge < -0.3 is 15.0 Å². The molecule has 3 fully saturated rings. The molecule has 30 heavy (non-hydrogen) atoms. The van der Waals surface area contributed by atoms with E-state index in [9.17, 15) is 14.4 Å². The number of rotatable bonds is 7. The molecule has 3 aliphatic rings. The van der Waals surface area contributed by atoms with Crippen LogP contribution in [-0.4, -0.2) is 53.8 Å². The zero-order valence-corrected chi connectivity index (χ0v) is 17.6. The minimum Gasteiger partial charge on any atom is -0.368 e. The molecule has 0 bridgehead atoms. The molecule has 1 aliphatic carbocycles. The smallest absolute Gasteiger partial charge is 0.245 e. The van der Waals surface area contributed by atoms with Crippen LogP contribution in [0.15, 0.2) is 30.3 Å². The molecule has 0 spiro atoms. The van der Waals surface area contributed by atoms with Crippen LogP contribution in [0.1, 0.15) is 56.9 Å². The van der Waals surface area contributed by atoms with Crippen molar-refractivity contribution in [2.45, 2.75) is 76.0 Å². The van der Waals surface area contributed by atoms with Crippen LogP contribution in [0.2, 0.25) is 0 Å². The van der Waals surface area contributed by atoms with Gasteiger partial charge in [0, 0.05) is 13.0 Å². The molecule has 1 aromatic carbocycles. The molecule has 1 N–H and O–H groups in total. The molecule has 162 valence electrons. The van der Waals surface area contributed by atoms with Crippen LogP contribution in [0.25, 0.3) is 0 Å². The SMILES string of the molecule is O=C(CCc1ccccc1)NC(CC1CCCCC1)C(=O)N1CCC2OCC(=O)C21. The third-order valence-corrected chi connectivity index (χ3v) is 6.81. The number of aryl methyl sites for hydroxylation is 1. The average molecular weight is 413 g/mol. The van der Waals surface area contributed by atoms with E-state index in [4.69, 9.17) is 4.74 Å². The fourth-order valence-electron chi connectivity index (χ4n) is 5.19. The number of nitrogens with one attached hydrogen (secondary N) is 1. The van der Waals surface area contributed by atoms with Crippen LogP contribution in [0.4, 0.5) is 0 Å². The highest BCUT2D eigenvalue weighted by Crippen LogP contribution is 2.31. The Morgan fingerprint density at radius 2 is 1.87 bits per heavy atom. The van der Waals surface area contributed by atoms with E-state index in [1.807, 2.05) is 30.3 Å². The minimum absolute atomic E-state index is 0.0160. The lowest BCUT2D eigenvalue weighted by molar-refractivity contribution is -0.140. The Bertz CT molecular complexity index is 760. The number of benzene rings is 1. The fourth-order valence-corrected chi connectivity index (χ4v) is 5.19. The molecule has 2 heterocycles. The standard InChI is InChI=1S/C24H32N2O4/c27-20-16-30-21-13-14-26(23(20)21)24(29)19(15-18-9-5-2-6-10-18)25-22(28)12-11-17-7-3-1-4-8-17/h1,3-4,7-8,18-19,21,23H,2,5-6,9-16H2,(H,25,28). The summed E-state index contributed by atoms with van der Waals surface area (Å²) in [6.45, 7) is 0.622. The Hall–Kier alpha value is -2.21. The summed E-state index contributed by atoms with van der Waals surface area (Å²) in [5.74, 6) is 0.228. The summed E-state index contributed by atoms with van der Waals surface area (Å²) in [6, 6.07) is 8.89. The van der Waals surface area contributed by atoms with Crippen LogP contribution in [0, 0.1) is 5.92 Å². The van der Waals surface area contributed by atoms with E-state index in [0.717, 1.165) is 18.4 Å². The molecule has 6 nitrogen and oxygen atoms in total. The van der Waals surface area contributed by atoms with Crippen molar-refractivity contribution < 1.29 is 19.1 Å². The largest absolute Gasteiger partial charge is 0.368 e. The predicted molar refractivity (Wildman–Crippen MR) is 113 cm³/mol. The molecule has 2 aliphatic heterocycles. The van der Waals surface area contributed by atoms with Gasteiger partial charge in [-0.15, -0.1) is 0 Å². The Kier molecular flexibility index (Phi) is 6.82. The summed E-state index contributed by atoms with van der Waals surface area (Å²) in [5, 5.41) is 3.02. The zero-order chi connectivity index (χ0) is 20.9. The van der Waals surface area contributed by atoms with Crippen molar-refractivity contribution in [1.82, 2.24) is 10.2 Å². The van der Waals surface area contributed by atoms with Crippen molar-refractivity contribution in [3.05, 3.63) is 35.9 Å². The molecule has 3 unspecified atom stereocenters. The van der Waals surface area contributed by atoms with E-state index in [-0.39, 0.29) is 30.3 Å². The fraction of sp³-hybridized carbons (Fsp3) is 0.625. The molecule has 1 saturated carbocycles. The van der Waals surface area contributed by atoms with Gasteiger partial charge in [0.05, 0.1) is 6.10 Å². The van der Waals surface area contributed by atoms with E-state index < -0.39 is 12.1 Å². The van der Waals surface area contributed by atoms with Gasteiger partial charge in [0.15, 0.2) is 5.78 Å². The van der Waals surface area contributed by atoms with E-state index in [0.29, 0.717) is 38.1 Å². The molecular weight excluding hydrogens is 380 g/mol. The number of fused-ring (bicyclic) bond motifs is 1. The van der Waals surface area contributed by atoms with Gasteiger partial charge >= 0.3 is 0 Å². The molecular formula is C24H32N2O4. The monoisotopic (exact) mass is 412 g/mol. The van der Waals surface area contributed by atoms with E-state index in [1.165, 1.54) is 19.3 Å². The van der Waals surface area contributed by atoms with Crippen LogP contribution in [0.5, 0.6) is 0 Å². The van der Waals surface area contributed by atoms with Gasteiger partial charge in [0.2, 0.25) is 11.8 Å². The number of amides is 2. The summed E-state index contributed by atoms with van der Waals surface area (Å²) < 4.78 is 5.54. The van der Waals surface area contributed by atoms with Gasteiger partial charge in [0.1, 0.15) is 18.7 Å². The van der Waals surface area contributed by atoms with Crippen molar-refractivity contribution in [2.24, 2.45) is 5.92 Å². The summed E-state index contributed by atoms with van der Waals surface area (Å²) in [5.41, 5.74) is 1.11. The van der Waals surface area contributed by atoms with Crippen molar-refractivity contribution in [3.8, 4) is 0 Å². The first-order valence-corrected chi connectivity index (χ1v) is 11.4. The molecule has 0 aromatic heterocycles. The molecule has 4 rings (SSSR count). The number of nitrogens with zero attached hydrogens (tertiary/aromatic N) is 1. The van der Waals surface area contributed by atoms with Crippen LogP contribution >= 0.6 is 0 Å². The number of carbonyl (C=O) groups is 3. The first-order chi connectivity index (χ1) is 14.6. The molecule has 2 saturated heterocycles. The lowest BCUT2D eigenvalue weighted by Gasteiger charge is -2.31. The maximum Gasteiger partial charge on any atom is 0.245 e. The quantitative estimate of drug-likeness (QED) is 0.747. The minimum atomic E-state index is -0.552. The molecule has 2 amide bonds. The summed E-state index contributed by atoms with van der Waals surface area (Å²) in [7, 11) is 0. The summed E-state index contributed by atoms with van der Waals surface area (Å²) in [6.07, 6.45) is 8.03. The van der Waals surface area contributed by atoms with Gasteiger partial charge in [-0.2, -0.15) is 0 Å². The Labute approximate surface area is 178 Å². The van der Waals surface area contributed by atoms with E-state index in [1.54, 1.807) is 4.90 Å². The van der Waals surface area contributed by atoms with Gasteiger partial charge in [-0.25, -0.2) is 0 Å². The van der Waals surface area contributed by atoms with Crippen molar-refractivity contribution >= 4 is 17.6 Å². The molecule has 3 atom stereocenters. The predicted octanol–water partition coefficient (Wildman–Crippen LogP) is 2.64. The van der Waals surface area contributed by atoms with Gasteiger partial charge in [-0.1, -0.05) is 62.4 Å². The number of ether oxygens (including phenoxy) is 1. The van der Waals surface area contributed by atoms with Gasteiger partial charge in [-0.05, 0) is 30.7 Å². The second-order valence-corrected chi connectivity index (χ2v) is 8.93. The van der Waals surface area contributed by atoms with Gasteiger partial charge in [0.25, 0.3) is 0 Å². The highest BCUT2D eigenvalue weighted by atomic mass is 16.5. The molecule has 1 aromatic rings. The average Bonchev–Trinajstić information content (AvgIpc) is 3.36. The Balaban J connectivity index is 1.41. The zero-order valence-electron chi connectivity index (χ0n) is 17.6. The van der Waals surface area contributed by atoms with Crippen LogP contribution < -0.4 is 5.32 Å².